The standard InChI is InChI=1S/C16H19BrN2O2/c1-10-7-11(2)14(12(3)8-10)16(20)15-13(17)9-18-19(15)5-6-21-4/h7-9H,5-6H2,1-4H3. The van der Waals surface area contributed by atoms with E-state index in [1.165, 1.54) is 0 Å². The molecule has 2 aromatic rings. The highest BCUT2D eigenvalue weighted by molar-refractivity contribution is 9.10. The highest BCUT2D eigenvalue weighted by Crippen LogP contribution is 2.24. The Morgan fingerprint density at radius 2 is 1.90 bits per heavy atom. The molecule has 0 radical (unpaired) electrons. The molecule has 0 unspecified atom stereocenters. The van der Waals surface area contributed by atoms with Gasteiger partial charge in [0.15, 0.2) is 0 Å². The van der Waals surface area contributed by atoms with Crippen LogP contribution in [0.5, 0.6) is 0 Å². The van der Waals surface area contributed by atoms with Crippen molar-refractivity contribution in [2.24, 2.45) is 0 Å². The summed E-state index contributed by atoms with van der Waals surface area (Å²) < 4.78 is 7.47. The summed E-state index contributed by atoms with van der Waals surface area (Å²) in [6.45, 7) is 7.04. The summed E-state index contributed by atoms with van der Waals surface area (Å²) in [7, 11) is 1.63. The average Bonchev–Trinajstić information content (AvgIpc) is 2.76. The summed E-state index contributed by atoms with van der Waals surface area (Å²) in [5.41, 5.74) is 4.46. The minimum Gasteiger partial charge on any atom is -0.383 e. The van der Waals surface area contributed by atoms with Crippen molar-refractivity contribution in [3.8, 4) is 0 Å². The fraction of sp³-hybridized carbons (Fsp3) is 0.375. The minimum atomic E-state index is -0.00882. The second-order valence-electron chi connectivity index (χ2n) is 5.16. The SMILES string of the molecule is COCCn1ncc(Br)c1C(=O)c1c(C)cc(C)cc1C. The van der Waals surface area contributed by atoms with Crippen molar-refractivity contribution in [1.82, 2.24) is 9.78 Å². The van der Waals surface area contributed by atoms with Crippen molar-refractivity contribution in [3.05, 3.63) is 50.8 Å². The van der Waals surface area contributed by atoms with Crippen LogP contribution in [0.3, 0.4) is 0 Å². The molecule has 0 aliphatic heterocycles. The van der Waals surface area contributed by atoms with Gasteiger partial charge in [0.2, 0.25) is 5.78 Å². The second-order valence-corrected chi connectivity index (χ2v) is 6.01. The van der Waals surface area contributed by atoms with Crippen LogP contribution in [0.4, 0.5) is 0 Å². The lowest BCUT2D eigenvalue weighted by atomic mass is 9.95. The Labute approximate surface area is 133 Å². The maximum absolute atomic E-state index is 12.9. The van der Waals surface area contributed by atoms with E-state index in [4.69, 9.17) is 4.74 Å². The van der Waals surface area contributed by atoms with Crippen molar-refractivity contribution in [2.45, 2.75) is 27.3 Å². The molecule has 0 amide bonds. The van der Waals surface area contributed by atoms with Crippen LogP contribution in [0.1, 0.15) is 32.7 Å². The lowest BCUT2D eigenvalue weighted by Gasteiger charge is -2.12. The van der Waals surface area contributed by atoms with E-state index in [0.29, 0.717) is 23.3 Å². The van der Waals surface area contributed by atoms with Gasteiger partial charge >= 0.3 is 0 Å². The van der Waals surface area contributed by atoms with E-state index in [1.807, 2.05) is 32.9 Å². The first-order chi connectivity index (χ1) is 9.95. The van der Waals surface area contributed by atoms with E-state index in [2.05, 4.69) is 21.0 Å². The number of ether oxygens (including phenoxy) is 1. The Hall–Kier alpha value is -1.46. The molecule has 4 nitrogen and oxygen atoms in total. The number of hydrogen-bond donors (Lipinski definition) is 0. The van der Waals surface area contributed by atoms with Crippen molar-refractivity contribution in [3.63, 3.8) is 0 Å². The molecular weight excluding hydrogens is 332 g/mol. The first-order valence-electron chi connectivity index (χ1n) is 6.78. The summed E-state index contributed by atoms with van der Waals surface area (Å²) in [6.07, 6.45) is 1.65. The molecule has 1 heterocycles. The van der Waals surface area contributed by atoms with Gasteiger partial charge in [0.05, 0.1) is 23.8 Å². The first-order valence-corrected chi connectivity index (χ1v) is 7.57. The zero-order valence-corrected chi connectivity index (χ0v) is 14.3. The van der Waals surface area contributed by atoms with Crippen LogP contribution in [0.15, 0.2) is 22.8 Å². The van der Waals surface area contributed by atoms with Crippen molar-refractivity contribution < 1.29 is 9.53 Å². The molecule has 1 aromatic heterocycles. The van der Waals surface area contributed by atoms with Gasteiger partial charge in [0.25, 0.3) is 0 Å². The summed E-state index contributed by atoms with van der Waals surface area (Å²) in [5.74, 6) is -0.00882. The number of aromatic nitrogens is 2. The number of carbonyl (C=O) groups excluding carboxylic acids is 1. The van der Waals surface area contributed by atoms with Crippen LogP contribution < -0.4 is 0 Å². The number of hydrogen-bond acceptors (Lipinski definition) is 3. The third kappa shape index (κ3) is 3.24. The highest BCUT2D eigenvalue weighted by Gasteiger charge is 2.22. The van der Waals surface area contributed by atoms with E-state index in [0.717, 1.165) is 22.3 Å². The first kappa shape index (κ1) is 15.9. The molecule has 5 heteroatoms. The molecule has 0 spiro atoms. The van der Waals surface area contributed by atoms with E-state index in [-0.39, 0.29) is 5.78 Å². The van der Waals surface area contributed by atoms with Crippen LogP contribution >= 0.6 is 15.9 Å². The molecule has 0 saturated carbocycles. The molecule has 1 aromatic carbocycles. The summed E-state index contributed by atoms with van der Waals surface area (Å²) in [4.78, 5) is 12.9. The average molecular weight is 351 g/mol. The van der Waals surface area contributed by atoms with Gasteiger partial charge in [-0.15, -0.1) is 0 Å². The Morgan fingerprint density at radius 3 is 2.48 bits per heavy atom. The molecule has 2 rings (SSSR count). The van der Waals surface area contributed by atoms with Gasteiger partial charge in [-0.1, -0.05) is 17.7 Å². The van der Waals surface area contributed by atoms with Gasteiger partial charge in [-0.3, -0.25) is 9.48 Å². The predicted octanol–water partition coefficient (Wildman–Crippen LogP) is 3.45. The normalized spacial score (nSPS) is 10.9. The maximum Gasteiger partial charge on any atom is 0.212 e. The van der Waals surface area contributed by atoms with Gasteiger partial charge < -0.3 is 4.74 Å². The molecule has 0 aliphatic carbocycles. The van der Waals surface area contributed by atoms with Gasteiger partial charge in [-0.2, -0.15) is 5.10 Å². The molecule has 0 atom stereocenters. The monoisotopic (exact) mass is 350 g/mol. The molecule has 0 N–H and O–H groups in total. The van der Waals surface area contributed by atoms with E-state index < -0.39 is 0 Å². The van der Waals surface area contributed by atoms with E-state index in [9.17, 15) is 4.79 Å². The van der Waals surface area contributed by atoms with E-state index in [1.54, 1.807) is 18.0 Å². The predicted molar refractivity (Wildman–Crippen MR) is 85.9 cm³/mol. The van der Waals surface area contributed by atoms with Gasteiger partial charge in [-0.25, -0.2) is 0 Å². The maximum atomic E-state index is 12.9. The lowest BCUT2D eigenvalue weighted by Crippen LogP contribution is -2.16. The zero-order valence-electron chi connectivity index (χ0n) is 12.7. The van der Waals surface area contributed by atoms with Gasteiger partial charge in [0.1, 0.15) is 5.69 Å². The summed E-state index contributed by atoms with van der Waals surface area (Å²) in [6, 6.07) is 4.06. The molecule has 0 saturated heterocycles. The van der Waals surface area contributed by atoms with Crippen LogP contribution in [-0.2, 0) is 11.3 Å². The van der Waals surface area contributed by atoms with E-state index >= 15 is 0 Å². The molecule has 0 bridgehead atoms. The Balaban J connectivity index is 2.48. The number of ketones is 1. The molecule has 0 aliphatic rings. The highest BCUT2D eigenvalue weighted by atomic mass is 79.9. The quantitative estimate of drug-likeness (QED) is 0.775. The third-order valence-electron chi connectivity index (χ3n) is 3.42. The molecule has 0 fully saturated rings. The number of aryl methyl sites for hydroxylation is 3. The van der Waals surface area contributed by atoms with Gasteiger partial charge in [0, 0.05) is 12.7 Å². The third-order valence-corrected chi connectivity index (χ3v) is 4.00. The topological polar surface area (TPSA) is 44.1 Å². The smallest absolute Gasteiger partial charge is 0.212 e. The Morgan fingerprint density at radius 1 is 1.29 bits per heavy atom. The second kappa shape index (κ2) is 6.54. The fourth-order valence-electron chi connectivity index (χ4n) is 2.59. The van der Waals surface area contributed by atoms with Crippen molar-refractivity contribution in [2.75, 3.05) is 13.7 Å². The number of nitrogens with zero attached hydrogens (tertiary/aromatic N) is 2. The molecule has 21 heavy (non-hydrogen) atoms. The number of benzene rings is 1. The van der Waals surface area contributed by atoms with Crippen LogP contribution in [0.2, 0.25) is 0 Å². The number of halogens is 1. The van der Waals surface area contributed by atoms with Gasteiger partial charge in [-0.05, 0) is 47.8 Å². The molecular formula is C16H19BrN2O2. The number of rotatable bonds is 5. The van der Waals surface area contributed by atoms with Crippen molar-refractivity contribution >= 4 is 21.7 Å². The zero-order chi connectivity index (χ0) is 15.6. The number of carbonyl (C=O) groups is 1. The van der Waals surface area contributed by atoms with Crippen LogP contribution in [0, 0.1) is 20.8 Å². The van der Waals surface area contributed by atoms with Crippen molar-refractivity contribution in [1.29, 1.82) is 0 Å². The van der Waals surface area contributed by atoms with Crippen LogP contribution in [0.25, 0.3) is 0 Å². The largest absolute Gasteiger partial charge is 0.383 e. The minimum absolute atomic E-state index is 0.00882. The number of methoxy groups -OCH3 is 1. The Kier molecular flexibility index (Phi) is 4.96. The summed E-state index contributed by atoms with van der Waals surface area (Å²) >= 11 is 3.43. The Bertz CT molecular complexity index is 654. The van der Waals surface area contributed by atoms with Crippen LogP contribution in [-0.4, -0.2) is 29.3 Å². The lowest BCUT2D eigenvalue weighted by molar-refractivity contribution is 0.102. The summed E-state index contributed by atoms with van der Waals surface area (Å²) in [5, 5.41) is 4.25. The molecule has 112 valence electrons. The fourth-order valence-corrected chi connectivity index (χ4v) is 3.07.